The summed E-state index contributed by atoms with van der Waals surface area (Å²) >= 11 is 5.33. The second kappa shape index (κ2) is 6.65. The van der Waals surface area contributed by atoms with Crippen molar-refractivity contribution in [1.82, 2.24) is 5.32 Å². The van der Waals surface area contributed by atoms with Gasteiger partial charge in [0, 0.05) is 0 Å². The van der Waals surface area contributed by atoms with Gasteiger partial charge in [-0.1, -0.05) is 20.3 Å². The molecule has 14 heavy (non-hydrogen) atoms. The van der Waals surface area contributed by atoms with E-state index in [1.54, 1.807) is 0 Å². The fraction of sp³-hybridized carbons (Fsp3) is 0.778. The highest BCUT2D eigenvalue weighted by Crippen LogP contribution is 2.09. The third kappa shape index (κ3) is 3.96. The molecule has 0 bridgehead atoms. The van der Waals surface area contributed by atoms with Crippen LogP contribution in [0.3, 0.4) is 0 Å². The Morgan fingerprint density at radius 1 is 1.50 bits per heavy atom. The Kier molecular flexibility index (Phi) is 6.28. The summed E-state index contributed by atoms with van der Waals surface area (Å²) in [7, 11) is 1.30. The third-order valence-corrected chi connectivity index (χ3v) is 2.35. The number of rotatable bonds is 5. The number of amides is 1. The lowest BCUT2D eigenvalue weighted by Gasteiger charge is -2.21. The number of methoxy groups -OCH3 is 1. The summed E-state index contributed by atoms with van der Waals surface area (Å²) in [6, 6.07) is -0.601. The molecule has 0 saturated heterocycles. The molecule has 0 radical (unpaired) electrons. The van der Waals surface area contributed by atoms with Gasteiger partial charge in [0.2, 0.25) is 5.91 Å². The zero-order valence-corrected chi connectivity index (χ0v) is 9.43. The van der Waals surface area contributed by atoms with Crippen molar-refractivity contribution in [3.8, 4) is 0 Å². The average molecular weight is 222 g/mol. The Balaban J connectivity index is 4.39. The molecule has 82 valence electrons. The summed E-state index contributed by atoms with van der Waals surface area (Å²) < 4.78 is 4.58. The van der Waals surface area contributed by atoms with Gasteiger partial charge in [-0.15, -0.1) is 11.6 Å². The Hall–Kier alpha value is -0.770. The van der Waals surface area contributed by atoms with Crippen molar-refractivity contribution in [2.75, 3.05) is 13.0 Å². The third-order valence-electron chi connectivity index (χ3n) is 2.11. The van der Waals surface area contributed by atoms with Gasteiger partial charge in [0.25, 0.3) is 0 Å². The summed E-state index contributed by atoms with van der Waals surface area (Å²) in [4.78, 5) is 22.3. The van der Waals surface area contributed by atoms with Gasteiger partial charge in [0.05, 0.1) is 7.11 Å². The number of halogens is 1. The van der Waals surface area contributed by atoms with E-state index in [-0.39, 0.29) is 17.7 Å². The second-order valence-corrected chi connectivity index (χ2v) is 3.35. The van der Waals surface area contributed by atoms with Crippen LogP contribution in [0.4, 0.5) is 0 Å². The van der Waals surface area contributed by atoms with Gasteiger partial charge in [-0.2, -0.15) is 0 Å². The van der Waals surface area contributed by atoms with Gasteiger partial charge >= 0.3 is 5.97 Å². The molecule has 0 aromatic rings. The van der Waals surface area contributed by atoms with Gasteiger partial charge in [0.15, 0.2) is 0 Å². The van der Waals surface area contributed by atoms with Crippen molar-refractivity contribution in [2.45, 2.75) is 26.3 Å². The number of ether oxygens (including phenoxy) is 1. The number of nitrogens with one attached hydrogen (secondary N) is 1. The smallest absolute Gasteiger partial charge is 0.328 e. The van der Waals surface area contributed by atoms with Crippen LogP contribution >= 0.6 is 11.6 Å². The molecular weight excluding hydrogens is 206 g/mol. The van der Waals surface area contributed by atoms with Crippen molar-refractivity contribution >= 4 is 23.5 Å². The molecule has 2 atom stereocenters. The fourth-order valence-corrected chi connectivity index (χ4v) is 1.09. The number of carbonyl (C=O) groups is 2. The normalized spacial score (nSPS) is 14.3. The SMILES string of the molecule is CC[C@H](C)[C@@H](NC(=O)CCl)C(=O)OC. The maximum atomic E-state index is 11.3. The quantitative estimate of drug-likeness (QED) is 0.555. The molecule has 0 fully saturated rings. The lowest BCUT2D eigenvalue weighted by atomic mass is 9.99. The van der Waals surface area contributed by atoms with E-state index in [0.29, 0.717) is 0 Å². The zero-order chi connectivity index (χ0) is 11.1. The molecule has 1 amide bonds. The predicted molar refractivity (Wildman–Crippen MR) is 54.1 cm³/mol. The Morgan fingerprint density at radius 3 is 2.43 bits per heavy atom. The summed E-state index contributed by atoms with van der Waals surface area (Å²) in [6.07, 6.45) is 0.780. The lowest BCUT2D eigenvalue weighted by Crippen LogP contribution is -2.46. The molecule has 4 nitrogen and oxygen atoms in total. The van der Waals surface area contributed by atoms with E-state index in [1.165, 1.54) is 7.11 Å². The summed E-state index contributed by atoms with van der Waals surface area (Å²) in [5.74, 6) is -0.904. The molecule has 0 unspecified atom stereocenters. The van der Waals surface area contributed by atoms with Crippen LogP contribution in [-0.4, -0.2) is 30.9 Å². The van der Waals surface area contributed by atoms with Gasteiger partial charge in [-0.3, -0.25) is 4.79 Å². The summed E-state index contributed by atoms with van der Waals surface area (Å²) in [6.45, 7) is 3.81. The van der Waals surface area contributed by atoms with Crippen LogP contribution in [-0.2, 0) is 14.3 Å². The van der Waals surface area contributed by atoms with Gasteiger partial charge in [-0.05, 0) is 5.92 Å². The summed E-state index contributed by atoms with van der Waals surface area (Å²) in [5.41, 5.74) is 0. The molecule has 0 heterocycles. The van der Waals surface area contributed by atoms with E-state index >= 15 is 0 Å². The van der Waals surface area contributed by atoms with E-state index in [1.807, 2.05) is 13.8 Å². The molecule has 5 heteroatoms. The summed E-state index contributed by atoms with van der Waals surface area (Å²) in [5, 5.41) is 2.52. The van der Waals surface area contributed by atoms with E-state index < -0.39 is 12.0 Å². The number of alkyl halides is 1. The highest BCUT2D eigenvalue weighted by Gasteiger charge is 2.25. The molecule has 0 rings (SSSR count). The molecule has 0 aliphatic carbocycles. The molecular formula is C9H16ClNO3. The van der Waals surface area contributed by atoms with Crippen LogP contribution < -0.4 is 5.32 Å². The Bertz CT molecular complexity index is 208. The van der Waals surface area contributed by atoms with Crippen LogP contribution in [0.5, 0.6) is 0 Å². The minimum absolute atomic E-state index is 0.0367. The minimum Gasteiger partial charge on any atom is -0.467 e. The molecule has 0 aromatic heterocycles. The van der Waals surface area contributed by atoms with Crippen molar-refractivity contribution in [1.29, 1.82) is 0 Å². The standard InChI is InChI=1S/C9H16ClNO3/c1-4-6(2)8(9(13)14-3)11-7(12)5-10/h6,8H,4-5H2,1-3H3,(H,11,12)/t6-,8+/m0/s1. The molecule has 0 aliphatic rings. The minimum atomic E-state index is -0.601. The van der Waals surface area contributed by atoms with Crippen LogP contribution in [0.1, 0.15) is 20.3 Å². The largest absolute Gasteiger partial charge is 0.467 e. The number of hydrogen-bond acceptors (Lipinski definition) is 3. The molecule has 0 aliphatic heterocycles. The number of esters is 1. The zero-order valence-electron chi connectivity index (χ0n) is 8.67. The first-order valence-corrected chi connectivity index (χ1v) is 5.03. The number of hydrogen-bond donors (Lipinski definition) is 1. The Morgan fingerprint density at radius 2 is 2.07 bits per heavy atom. The van der Waals surface area contributed by atoms with Gasteiger partial charge in [0.1, 0.15) is 11.9 Å². The van der Waals surface area contributed by atoms with E-state index in [0.717, 1.165) is 6.42 Å². The van der Waals surface area contributed by atoms with E-state index in [2.05, 4.69) is 10.1 Å². The lowest BCUT2D eigenvalue weighted by molar-refractivity contribution is -0.146. The van der Waals surface area contributed by atoms with Crippen LogP contribution in [0.2, 0.25) is 0 Å². The van der Waals surface area contributed by atoms with Crippen molar-refractivity contribution in [3.63, 3.8) is 0 Å². The van der Waals surface area contributed by atoms with Crippen molar-refractivity contribution in [2.24, 2.45) is 5.92 Å². The average Bonchev–Trinajstić information content (AvgIpc) is 2.23. The van der Waals surface area contributed by atoms with E-state index in [4.69, 9.17) is 11.6 Å². The first kappa shape index (κ1) is 13.2. The molecule has 0 saturated carbocycles. The van der Waals surface area contributed by atoms with Gasteiger partial charge in [-0.25, -0.2) is 4.79 Å². The molecule has 0 aromatic carbocycles. The maximum absolute atomic E-state index is 11.3. The topological polar surface area (TPSA) is 55.4 Å². The first-order valence-electron chi connectivity index (χ1n) is 4.49. The predicted octanol–water partition coefficient (Wildman–Crippen LogP) is 0.929. The maximum Gasteiger partial charge on any atom is 0.328 e. The molecule has 1 N–H and O–H groups in total. The number of carbonyl (C=O) groups excluding carboxylic acids is 2. The first-order chi connectivity index (χ1) is 6.56. The van der Waals surface area contributed by atoms with Gasteiger partial charge < -0.3 is 10.1 Å². The second-order valence-electron chi connectivity index (χ2n) is 3.09. The highest BCUT2D eigenvalue weighted by atomic mass is 35.5. The van der Waals surface area contributed by atoms with Crippen LogP contribution in [0.15, 0.2) is 0 Å². The van der Waals surface area contributed by atoms with Crippen molar-refractivity contribution in [3.05, 3.63) is 0 Å². The van der Waals surface area contributed by atoms with Crippen LogP contribution in [0.25, 0.3) is 0 Å². The Labute approximate surface area is 88.9 Å². The van der Waals surface area contributed by atoms with E-state index in [9.17, 15) is 9.59 Å². The molecule has 0 spiro atoms. The highest BCUT2D eigenvalue weighted by molar-refractivity contribution is 6.27. The van der Waals surface area contributed by atoms with Crippen LogP contribution in [0, 0.1) is 5.92 Å². The van der Waals surface area contributed by atoms with Crippen molar-refractivity contribution < 1.29 is 14.3 Å². The fourth-order valence-electron chi connectivity index (χ4n) is 1.01. The monoisotopic (exact) mass is 221 g/mol.